The molecule has 1 unspecified atom stereocenters. The Kier molecular flexibility index (Phi) is 5.46. The first-order valence-electron chi connectivity index (χ1n) is 10.7. The first-order valence-corrected chi connectivity index (χ1v) is 11.5. The Hall–Kier alpha value is -3.13. The van der Waals surface area contributed by atoms with Gasteiger partial charge in [-0.15, -0.1) is 11.3 Å². The van der Waals surface area contributed by atoms with Gasteiger partial charge >= 0.3 is 0 Å². The lowest BCUT2D eigenvalue weighted by Crippen LogP contribution is -2.45. The Labute approximate surface area is 188 Å². The summed E-state index contributed by atoms with van der Waals surface area (Å²) in [4.78, 5) is 28.4. The lowest BCUT2D eigenvalue weighted by Gasteiger charge is -2.35. The van der Waals surface area contributed by atoms with E-state index < -0.39 is 0 Å². The monoisotopic (exact) mass is 452 g/mol. The number of nitrogens with zero attached hydrogens (tertiary/aromatic N) is 3. The number of hydrogen-bond acceptors (Lipinski definition) is 4. The average molecular weight is 453 g/mol. The molecule has 1 saturated heterocycles. The van der Waals surface area contributed by atoms with Crippen LogP contribution in [0.2, 0.25) is 0 Å². The summed E-state index contributed by atoms with van der Waals surface area (Å²) in [5.41, 5.74) is 2.16. The number of rotatable bonds is 4. The number of carbonyl (C=O) groups excluding carboxylic acids is 1. The van der Waals surface area contributed by atoms with Gasteiger partial charge in [0, 0.05) is 19.0 Å². The number of benzene rings is 2. The molecule has 1 N–H and O–H groups in total. The molecule has 1 amide bonds. The summed E-state index contributed by atoms with van der Waals surface area (Å²) in [5, 5.41) is 0.786. The van der Waals surface area contributed by atoms with Crippen LogP contribution in [0.1, 0.15) is 40.6 Å². The van der Waals surface area contributed by atoms with Gasteiger partial charge in [0.25, 0.3) is 5.91 Å². The molecule has 2 aromatic heterocycles. The number of aromatic amines is 1. The molecule has 0 bridgehead atoms. The molecule has 164 valence electrons. The van der Waals surface area contributed by atoms with Crippen molar-refractivity contribution >= 4 is 28.3 Å². The van der Waals surface area contributed by atoms with Crippen molar-refractivity contribution in [3.05, 3.63) is 70.6 Å². The molecule has 8 heteroatoms. The topological polar surface area (TPSA) is 61.9 Å². The molecule has 3 heterocycles. The third kappa shape index (κ3) is 3.90. The number of imidazole rings is 1. The van der Waals surface area contributed by atoms with Crippen LogP contribution in [0, 0.1) is 18.6 Å². The maximum atomic E-state index is 14.1. The van der Waals surface area contributed by atoms with Gasteiger partial charge in [0.05, 0.1) is 15.4 Å². The van der Waals surface area contributed by atoms with E-state index >= 15 is 0 Å². The van der Waals surface area contributed by atoms with Crippen LogP contribution in [0.25, 0.3) is 21.5 Å². The van der Waals surface area contributed by atoms with E-state index in [4.69, 9.17) is 0 Å². The maximum absolute atomic E-state index is 14.1. The average Bonchev–Trinajstić information content (AvgIpc) is 3.38. The van der Waals surface area contributed by atoms with Gasteiger partial charge < -0.3 is 9.88 Å². The van der Waals surface area contributed by atoms with Crippen LogP contribution < -0.4 is 0 Å². The number of nitrogens with one attached hydrogen (secondary N) is 1. The molecule has 1 aliphatic heterocycles. The van der Waals surface area contributed by atoms with Gasteiger partial charge in [0.2, 0.25) is 0 Å². The van der Waals surface area contributed by atoms with Crippen LogP contribution in [-0.2, 0) is 6.42 Å². The van der Waals surface area contributed by atoms with E-state index in [9.17, 15) is 13.6 Å². The molecular formula is C24H22F2N4OS. The molecule has 2 aromatic carbocycles. The van der Waals surface area contributed by atoms with Gasteiger partial charge in [0.15, 0.2) is 5.82 Å². The van der Waals surface area contributed by atoms with Crippen LogP contribution in [0.4, 0.5) is 8.78 Å². The molecule has 0 spiro atoms. The largest absolute Gasteiger partial charge is 0.342 e. The number of hydrogen-bond donors (Lipinski definition) is 1. The summed E-state index contributed by atoms with van der Waals surface area (Å²) >= 11 is 1.43. The Morgan fingerprint density at radius 3 is 2.75 bits per heavy atom. The predicted octanol–water partition coefficient (Wildman–Crippen LogP) is 5.51. The number of aryl methyl sites for hydroxylation is 1. The van der Waals surface area contributed by atoms with E-state index in [-0.39, 0.29) is 23.6 Å². The molecule has 1 atom stereocenters. The smallest absolute Gasteiger partial charge is 0.274 e. The molecule has 5 rings (SSSR count). The second-order valence-corrected chi connectivity index (χ2v) is 9.29. The lowest BCUT2D eigenvalue weighted by atomic mass is 9.98. The Morgan fingerprint density at radius 1 is 1.16 bits per heavy atom. The number of amides is 1. The zero-order valence-electron chi connectivity index (χ0n) is 17.6. The van der Waals surface area contributed by atoms with Crippen LogP contribution >= 0.6 is 11.3 Å². The normalized spacial score (nSPS) is 16.6. The fraction of sp³-hybridized carbons (Fsp3) is 0.292. The fourth-order valence-electron chi connectivity index (χ4n) is 4.35. The molecule has 4 aromatic rings. The number of carbonyl (C=O) groups is 1. The van der Waals surface area contributed by atoms with Gasteiger partial charge in [-0.1, -0.05) is 18.2 Å². The molecule has 1 aliphatic rings. The van der Waals surface area contributed by atoms with Crippen LogP contribution in [-0.4, -0.2) is 38.3 Å². The number of halogens is 2. The summed E-state index contributed by atoms with van der Waals surface area (Å²) < 4.78 is 27.5. The second kappa shape index (κ2) is 8.43. The van der Waals surface area contributed by atoms with Gasteiger partial charge in [-0.05, 0) is 56.0 Å². The van der Waals surface area contributed by atoms with E-state index in [0.29, 0.717) is 35.5 Å². The number of likely N-dealkylation sites (tertiary alicyclic amines) is 1. The van der Waals surface area contributed by atoms with Crippen molar-refractivity contribution in [2.45, 2.75) is 38.6 Å². The molecule has 0 aliphatic carbocycles. The Balaban J connectivity index is 1.44. The lowest BCUT2D eigenvalue weighted by molar-refractivity contribution is 0.0607. The number of fused-ring (bicyclic) bond motifs is 1. The number of piperidine rings is 1. The quantitative estimate of drug-likeness (QED) is 0.444. The van der Waals surface area contributed by atoms with Gasteiger partial charge in [-0.25, -0.2) is 18.7 Å². The minimum Gasteiger partial charge on any atom is -0.342 e. The van der Waals surface area contributed by atoms with E-state index in [1.807, 2.05) is 11.8 Å². The minimum absolute atomic E-state index is 0.0528. The van der Waals surface area contributed by atoms with Crippen molar-refractivity contribution in [3.63, 3.8) is 0 Å². The van der Waals surface area contributed by atoms with E-state index in [0.717, 1.165) is 34.7 Å². The van der Waals surface area contributed by atoms with Crippen LogP contribution in [0.3, 0.4) is 0 Å². The highest BCUT2D eigenvalue weighted by Crippen LogP contribution is 2.33. The number of aromatic nitrogens is 3. The van der Waals surface area contributed by atoms with Crippen molar-refractivity contribution in [1.29, 1.82) is 0 Å². The highest BCUT2D eigenvalue weighted by Gasteiger charge is 2.31. The number of thiazole rings is 1. The number of H-pyrrole nitrogens is 1. The Bertz CT molecular complexity index is 1280. The summed E-state index contributed by atoms with van der Waals surface area (Å²) in [5.74, 6) is -0.131. The maximum Gasteiger partial charge on any atom is 0.274 e. The van der Waals surface area contributed by atoms with Crippen molar-refractivity contribution in [2.75, 3.05) is 6.54 Å². The van der Waals surface area contributed by atoms with Crippen LogP contribution in [0.5, 0.6) is 0 Å². The van der Waals surface area contributed by atoms with Crippen molar-refractivity contribution in [3.8, 4) is 10.4 Å². The summed E-state index contributed by atoms with van der Waals surface area (Å²) in [6, 6.07) is 10.9. The Morgan fingerprint density at radius 2 is 1.97 bits per heavy atom. The number of para-hydroxylation sites is 1. The third-order valence-electron chi connectivity index (χ3n) is 5.87. The van der Waals surface area contributed by atoms with E-state index in [1.165, 1.54) is 29.5 Å². The zero-order valence-corrected chi connectivity index (χ0v) is 18.4. The van der Waals surface area contributed by atoms with Gasteiger partial charge in [-0.2, -0.15) is 0 Å². The molecule has 0 saturated carbocycles. The molecular weight excluding hydrogens is 430 g/mol. The van der Waals surface area contributed by atoms with Gasteiger partial charge in [0.1, 0.15) is 22.9 Å². The molecule has 32 heavy (non-hydrogen) atoms. The summed E-state index contributed by atoms with van der Waals surface area (Å²) in [6.07, 6.45) is 3.31. The predicted molar refractivity (Wildman–Crippen MR) is 121 cm³/mol. The minimum atomic E-state index is -0.358. The summed E-state index contributed by atoms with van der Waals surface area (Å²) in [7, 11) is 0. The molecule has 1 fully saturated rings. The highest BCUT2D eigenvalue weighted by atomic mass is 32.1. The first kappa shape index (κ1) is 20.8. The van der Waals surface area contributed by atoms with Crippen molar-refractivity contribution in [1.82, 2.24) is 19.9 Å². The van der Waals surface area contributed by atoms with Gasteiger partial charge in [-0.3, -0.25) is 4.79 Å². The SMILES string of the molecule is Cc1nc(C(=O)N2CCCCC2Cc2nc3c(F)cccc3[nH]2)c(-c2ccc(F)cc2)s1. The zero-order chi connectivity index (χ0) is 22.2. The van der Waals surface area contributed by atoms with Crippen molar-refractivity contribution < 1.29 is 13.6 Å². The summed E-state index contributed by atoms with van der Waals surface area (Å²) in [6.45, 7) is 2.50. The second-order valence-electron chi connectivity index (χ2n) is 8.09. The molecule has 0 radical (unpaired) electrons. The first-order chi connectivity index (χ1) is 15.5. The molecule has 5 nitrogen and oxygen atoms in total. The highest BCUT2D eigenvalue weighted by molar-refractivity contribution is 7.15. The van der Waals surface area contributed by atoms with Crippen molar-refractivity contribution in [2.24, 2.45) is 0 Å². The van der Waals surface area contributed by atoms with E-state index in [2.05, 4.69) is 15.0 Å². The fourth-order valence-corrected chi connectivity index (χ4v) is 5.27. The standard InChI is InChI=1S/C24H22F2N4OS/c1-14-27-22(23(32-14)15-8-10-16(25)11-9-15)24(31)30-12-3-2-5-17(30)13-20-28-19-7-4-6-18(26)21(19)29-20/h4,6-11,17H,2-3,5,12-13H2,1H3,(H,28,29). The van der Waals surface area contributed by atoms with E-state index in [1.54, 1.807) is 24.3 Å². The third-order valence-corrected chi connectivity index (χ3v) is 6.89. The van der Waals surface area contributed by atoms with Crippen LogP contribution in [0.15, 0.2) is 42.5 Å².